The summed E-state index contributed by atoms with van der Waals surface area (Å²) in [4.78, 5) is 31.1. The van der Waals surface area contributed by atoms with Crippen LogP contribution < -0.4 is 5.32 Å². The Morgan fingerprint density at radius 3 is 2.87 bits per heavy atom. The summed E-state index contributed by atoms with van der Waals surface area (Å²) in [7, 11) is 0. The lowest BCUT2D eigenvalue weighted by Crippen LogP contribution is -2.44. The van der Waals surface area contributed by atoms with Gasteiger partial charge < -0.3 is 14.8 Å². The fourth-order valence-electron chi connectivity index (χ4n) is 4.28. The highest BCUT2D eigenvalue weighted by Gasteiger charge is 2.39. The average molecular weight is 316 g/mol. The molecule has 0 bridgehead atoms. The molecule has 1 saturated carbocycles. The van der Waals surface area contributed by atoms with E-state index in [0.29, 0.717) is 19.0 Å². The van der Waals surface area contributed by atoms with Gasteiger partial charge in [0.1, 0.15) is 5.82 Å². The summed E-state index contributed by atoms with van der Waals surface area (Å²) in [6.07, 6.45) is 10.6. The molecule has 1 aliphatic carbocycles. The van der Waals surface area contributed by atoms with Crippen molar-refractivity contribution in [1.82, 2.24) is 19.8 Å². The highest BCUT2D eigenvalue weighted by Crippen LogP contribution is 2.29. The van der Waals surface area contributed by atoms with Crippen LogP contribution >= 0.6 is 0 Å². The van der Waals surface area contributed by atoms with Crippen molar-refractivity contribution < 1.29 is 9.59 Å². The zero-order valence-electron chi connectivity index (χ0n) is 13.4. The summed E-state index contributed by atoms with van der Waals surface area (Å²) in [5.41, 5.74) is 0. The minimum atomic E-state index is -0.174. The van der Waals surface area contributed by atoms with Gasteiger partial charge in [-0.1, -0.05) is 12.8 Å². The summed E-state index contributed by atoms with van der Waals surface area (Å²) in [5.74, 6) is 1.14. The molecule has 0 spiro atoms. The molecule has 3 aliphatic rings. The molecule has 4 rings (SSSR count). The summed E-state index contributed by atoms with van der Waals surface area (Å²) in [6, 6.07) is 0.531. The molecular formula is C17H24N4O2. The summed E-state index contributed by atoms with van der Waals surface area (Å²) in [5, 5.41) is 3.16. The van der Waals surface area contributed by atoms with Gasteiger partial charge in [-0.25, -0.2) is 4.98 Å². The lowest BCUT2D eigenvalue weighted by atomic mass is 10.0. The molecule has 124 valence electrons. The molecule has 23 heavy (non-hydrogen) atoms. The molecule has 3 heterocycles. The molecule has 6 nitrogen and oxygen atoms in total. The van der Waals surface area contributed by atoms with Gasteiger partial charge in [0.15, 0.2) is 0 Å². The van der Waals surface area contributed by atoms with Crippen LogP contribution in [0.1, 0.15) is 44.3 Å². The van der Waals surface area contributed by atoms with Gasteiger partial charge in [-0.2, -0.15) is 0 Å². The number of rotatable bonds is 3. The van der Waals surface area contributed by atoms with Gasteiger partial charge in [0.25, 0.3) is 0 Å². The van der Waals surface area contributed by atoms with Gasteiger partial charge in [-0.3, -0.25) is 9.59 Å². The van der Waals surface area contributed by atoms with Crippen LogP contribution in [-0.4, -0.2) is 44.9 Å². The van der Waals surface area contributed by atoms with Crippen LogP contribution in [0, 0.1) is 5.92 Å². The van der Waals surface area contributed by atoms with E-state index >= 15 is 0 Å². The third-order valence-electron chi connectivity index (χ3n) is 5.58. The third kappa shape index (κ3) is 2.86. The normalized spacial score (nSPS) is 28.2. The number of hydrogen-bond acceptors (Lipinski definition) is 3. The SMILES string of the molecule is O=C(N[C@@H]1CCc2nccn2C1)[C@@H]1CC(=O)N(C2CCCC2)C1. The minimum Gasteiger partial charge on any atom is -0.351 e. The fraction of sp³-hybridized carbons (Fsp3) is 0.706. The van der Waals surface area contributed by atoms with Crippen LogP contribution in [0.5, 0.6) is 0 Å². The quantitative estimate of drug-likeness (QED) is 0.908. The van der Waals surface area contributed by atoms with E-state index < -0.39 is 0 Å². The van der Waals surface area contributed by atoms with Crippen LogP contribution in [-0.2, 0) is 22.6 Å². The maximum absolute atomic E-state index is 12.6. The number of imidazole rings is 1. The van der Waals surface area contributed by atoms with E-state index in [0.717, 1.165) is 38.1 Å². The maximum atomic E-state index is 12.6. The first-order valence-electron chi connectivity index (χ1n) is 8.80. The fourth-order valence-corrected chi connectivity index (χ4v) is 4.28. The highest BCUT2D eigenvalue weighted by atomic mass is 16.2. The van der Waals surface area contributed by atoms with Gasteiger partial charge in [0, 0.05) is 50.4 Å². The number of nitrogens with zero attached hydrogens (tertiary/aromatic N) is 3. The zero-order chi connectivity index (χ0) is 15.8. The van der Waals surface area contributed by atoms with E-state index in [1.54, 1.807) is 0 Å². The van der Waals surface area contributed by atoms with E-state index in [1.807, 2.05) is 17.3 Å². The molecule has 1 aromatic heterocycles. The van der Waals surface area contributed by atoms with Gasteiger partial charge >= 0.3 is 0 Å². The van der Waals surface area contributed by atoms with Gasteiger partial charge in [0.05, 0.1) is 5.92 Å². The Hall–Kier alpha value is -1.85. The molecule has 2 aliphatic heterocycles. The second kappa shape index (κ2) is 5.98. The number of nitrogens with one attached hydrogen (secondary N) is 1. The Bertz CT molecular complexity index is 605. The number of likely N-dealkylation sites (tertiary alicyclic amines) is 1. The number of aromatic nitrogens is 2. The monoisotopic (exact) mass is 316 g/mol. The van der Waals surface area contributed by atoms with E-state index in [2.05, 4.69) is 14.9 Å². The summed E-state index contributed by atoms with van der Waals surface area (Å²) in [6.45, 7) is 1.40. The lowest BCUT2D eigenvalue weighted by Gasteiger charge is -2.26. The second-order valence-electron chi connectivity index (χ2n) is 7.13. The molecule has 2 amide bonds. The van der Waals surface area contributed by atoms with Crippen LogP contribution in [0.3, 0.4) is 0 Å². The van der Waals surface area contributed by atoms with E-state index in [4.69, 9.17) is 0 Å². The Kier molecular flexibility index (Phi) is 3.83. The molecule has 2 fully saturated rings. The third-order valence-corrected chi connectivity index (χ3v) is 5.58. The van der Waals surface area contributed by atoms with Crippen molar-refractivity contribution >= 4 is 11.8 Å². The standard InChI is InChI=1S/C17H24N4O2/c22-16-9-12(10-21(16)14-3-1-2-4-14)17(23)19-13-5-6-15-18-7-8-20(15)11-13/h7-8,12-14H,1-6,9-11H2,(H,19,23)/t12-,13-/m1/s1. The van der Waals surface area contributed by atoms with Crippen molar-refractivity contribution in [1.29, 1.82) is 0 Å². The van der Waals surface area contributed by atoms with Crippen molar-refractivity contribution in [3.05, 3.63) is 18.2 Å². The smallest absolute Gasteiger partial charge is 0.225 e. The van der Waals surface area contributed by atoms with Crippen molar-refractivity contribution in [2.24, 2.45) is 5.92 Å². The van der Waals surface area contributed by atoms with Crippen molar-refractivity contribution in [2.75, 3.05) is 6.54 Å². The second-order valence-corrected chi connectivity index (χ2v) is 7.13. The van der Waals surface area contributed by atoms with Crippen LogP contribution in [0.2, 0.25) is 0 Å². The molecule has 0 aromatic carbocycles. The van der Waals surface area contributed by atoms with Crippen molar-refractivity contribution in [2.45, 2.75) is 63.6 Å². The van der Waals surface area contributed by atoms with Crippen molar-refractivity contribution in [3.63, 3.8) is 0 Å². The van der Waals surface area contributed by atoms with Crippen LogP contribution in [0.15, 0.2) is 12.4 Å². The molecule has 0 radical (unpaired) electrons. The number of fused-ring (bicyclic) bond motifs is 1. The van der Waals surface area contributed by atoms with Gasteiger partial charge in [-0.05, 0) is 19.3 Å². The minimum absolute atomic E-state index is 0.0485. The topological polar surface area (TPSA) is 67.2 Å². The highest BCUT2D eigenvalue weighted by molar-refractivity contribution is 5.89. The number of aryl methyl sites for hydroxylation is 1. The molecule has 1 saturated heterocycles. The zero-order valence-corrected chi connectivity index (χ0v) is 13.4. The maximum Gasteiger partial charge on any atom is 0.225 e. The summed E-state index contributed by atoms with van der Waals surface area (Å²) >= 11 is 0. The average Bonchev–Trinajstić information content (AvgIpc) is 3.26. The Labute approximate surface area is 136 Å². The first-order chi connectivity index (χ1) is 11.2. The molecule has 6 heteroatoms. The Morgan fingerprint density at radius 1 is 1.22 bits per heavy atom. The number of amides is 2. The predicted octanol–water partition coefficient (Wildman–Crippen LogP) is 1.11. The number of carbonyl (C=O) groups is 2. The Balaban J connectivity index is 1.34. The van der Waals surface area contributed by atoms with Gasteiger partial charge in [-0.15, -0.1) is 0 Å². The van der Waals surface area contributed by atoms with E-state index in [9.17, 15) is 9.59 Å². The molecular weight excluding hydrogens is 292 g/mol. The van der Waals surface area contributed by atoms with E-state index in [1.165, 1.54) is 12.8 Å². The van der Waals surface area contributed by atoms with Crippen LogP contribution in [0.25, 0.3) is 0 Å². The van der Waals surface area contributed by atoms with Crippen molar-refractivity contribution in [3.8, 4) is 0 Å². The van der Waals surface area contributed by atoms with Gasteiger partial charge in [0.2, 0.25) is 11.8 Å². The van der Waals surface area contributed by atoms with E-state index in [-0.39, 0.29) is 23.8 Å². The molecule has 0 unspecified atom stereocenters. The summed E-state index contributed by atoms with van der Waals surface area (Å²) < 4.78 is 2.11. The number of carbonyl (C=O) groups excluding carboxylic acids is 2. The molecule has 1 N–H and O–H groups in total. The Morgan fingerprint density at radius 2 is 2.04 bits per heavy atom. The van der Waals surface area contributed by atoms with Crippen LogP contribution in [0.4, 0.5) is 0 Å². The first-order valence-corrected chi connectivity index (χ1v) is 8.80. The predicted molar refractivity (Wildman–Crippen MR) is 84.6 cm³/mol. The largest absolute Gasteiger partial charge is 0.351 e. The lowest BCUT2D eigenvalue weighted by molar-refractivity contribution is -0.130. The number of hydrogen-bond donors (Lipinski definition) is 1. The molecule has 2 atom stereocenters. The molecule has 1 aromatic rings. The first kappa shape index (κ1) is 14.7.